The van der Waals surface area contributed by atoms with Crippen molar-refractivity contribution in [3.63, 3.8) is 0 Å². The highest BCUT2D eigenvalue weighted by Gasteiger charge is 2.31. The van der Waals surface area contributed by atoms with E-state index in [2.05, 4.69) is 16.1 Å². The molecule has 2 aromatic carbocycles. The zero-order valence-corrected chi connectivity index (χ0v) is 12.7. The number of alkyl halides is 3. The number of para-hydroxylation sites is 1. The molecule has 0 saturated carbocycles. The molecule has 1 aliphatic rings. The highest BCUT2D eigenvalue weighted by atomic mass is 32.1. The van der Waals surface area contributed by atoms with Crippen LogP contribution in [0, 0.1) is 0 Å². The van der Waals surface area contributed by atoms with E-state index in [9.17, 15) is 13.2 Å². The van der Waals surface area contributed by atoms with Crippen molar-refractivity contribution in [2.75, 3.05) is 16.8 Å². The van der Waals surface area contributed by atoms with Gasteiger partial charge >= 0.3 is 6.36 Å². The van der Waals surface area contributed by atoms with Gasteiger partial charge in [0.25, 0.3) is 0 Å². The Morgan fingerprint density at radius 3 is 2.48 bits per heavy atom. The molecule has 1 aliphatic heterocycles. The van der Waals surface area contributed by atoms with Crippen molar-refractivity contribution in [1.29, 1.82) is 0 Å². The van der Waals surface area contributed by atoms with Crippen LogP contribution in [0.3, 0.4) is 0 Å². The van der Waals surface area contributed by atoms with Crippen molar-refractivity contribution in [3.8, 4) is 5.75 Å². The summed E-state index contributed by atoms with van der Waals surface area (Å²) in [6.07, 6.45) is -3.78. The molecule has 0 aromatic heterocycles. The number of hydrogen-bond acceptors (Lipinski definition) is 2. The van der Waals surface area contributed by atoms with Gasteiger partial charge in [0.2, 0.25) is 0 Å². The molecule has 0 spiro atoms. The van der Waals surface area contributed by atoms with Gasteiger partial charge in [-0.15, -0.1) is 13.2 Å². The molecule has 0 fully saturated rings. The smallest absolute Gasteiger partial charge is 0.406 e. The number of thiocarbonyl (C=S) groups is 1. The third-order valence-electron chi connectivity index (χ3n) is 3.47. The third kappa shape index (κ3) is 3.73. The summed E-state index contributed by atoms with van der Waals surface area (Å²) >= 11 is 5.40. The molecular weight excluding hydrogens is 325 g/mol. The van der Waals surface area contributed by atoms with Gasteiger partial charge in [0.1, 0.15) is 5.75 Å². The summed E-state index contributed by atoms with van der Waals surface area (Å²) in [5.41, 5.74) is 2.89. The topological polar surface area (TPSA) is 24.5 Å². The van der Waals surface area contributed by atoms with Crippen LogP contribution in [0.4, 0.5) is 24.5 Å². The lowest BCUT2D eigenvalue weighted by Crippen LogP contribution is -2.33. The standard InChI is InChI=1S/C16H13F3N2OS/c17-16(18,19)22-13-7-5-12(6-8-13)20-15(23)21-10-9-11-3-1-2-4-14(11)21/h1-8H,9-10H2,(H,20,23). The summed E-state index contributed by atoms with van der Waals surface area (Å²) in [6, 6.07) is 13.5. The predicted molar refractivity (Wildman–Crippen MR) is 86.8 cm³/mol. The lowest BCUT2D eigenvalue weighted by molar-refractivity contribution is -0.274. The van der Waals surface area contributed by atoms with Crippen LogP contribution >= 0.6 is 12.2 Å². The average Bonchev–Trinajstić information content (AvgIpc) is 2.92. The fourth-order valence-corrected chi connectivity index (χ4v) is 2.79. The molecule has 3 nitrogen and oxygen atoms in total. The maximum atomic E-state index is 12.1. The van der Waals surface area contributed by atoms with Crippen LogP contribution in [0.2, 0.25) is 0 Å². The van der Waals surface area contributed by atoms with E-state index in [1.165, 1.54) is 29.8 Å². The normalized spacial score (nSPS) is 13.6. The Bertz CT molecular complexity index is 716. The van der Waals surface area contributed by atoms with Gasteiger partial charge in [-0.3, -0.25) is 0 Å². The summed E-state index contributed by atoms with van der Waals surface area (Å²) in [7, 11) is 0. The summed E-state index contributed by atoms with van der Waals surface area (Å²) in [5, 5.41) is 3.55. The highest BCUT2D eigenvalue weighted by Crippen LogP contribution is 2.29. The zero-order chi connectivity index (χ0) is 16.4. The van der Waals surface area contributed by atoms with Crippen molar-refractivity contribution in [1.82, 2.24) is 0 Å². The van der Waals surface area contributed by atoms with E-state index in [0.717, 1.165) is 18.7 Å². The van der Waals surface area contributed by atoms with Crippen LogP contribution < -0.4 is 15.0 Å². The molecule has 7 heteroatoms. The molecule has 0 bridgehead atoms. The highest BCUT2D eigenvalue weighted by molar-refractivity contribution is 7.80. The minimum Gasteiger partial charge on any atom is -0.406 e. The second kappa shape index (κ2) is 6.08. The molecule has 23 heavy (non-hydrogen) atoms. The van der Waals surface area contributed by atoms with Gasteiger partial charge in [0.15, 0.2) is 5.11 Å². The quantitative estimate of drug-likeness (QED) is 0.823. The Morgan fingerprint density at radius 1 is 1.09 bits per heavy atom. The molecular formula is C16H13F3N2OS. The van der Waals surface area contributed by atoms with Crippen molar-refractivity contribution in [2.24, 2.45) is 0 Å². The van der Waals surface area contributed by atoms with Gasteiger partial charge in [0.05, 0.1) is 0 Å². The number of rotatable bonds is 2. The van der Waals surface area contributed by atoms with Crippen LogP contribution in [0.15, 0.2) is 48.5 Å². The second-order valence-corrected chi connectivity index (χ2v) is 5.42. The summed E-state index contributed by atoms with van der Waals surface area (Å²) in [6.45, 7) is 0.778. The molecule has 0 aliphatic carbocycles. The molecule has 0 amide bonds. The number of halogens is 3. The molecule has 0 atom stereocenters. The predicted octanol–water partition coefficient (Wildman–Crippen LogP) is 4.34. The number of nitrogens with zero attached hydrogens (tertiary/aromatic N) is 1. The monoisotopic (exact) mass is 338 g/mol. The number of benzene rings is 2. The Morgan fingerprint density at radius 2 is 1.78 bits per heavy atom. The van der Waals surface area contributed by atoms with Crippen molar-refractivity contribution in [3.05, 3.63) is 54.1 Å². The maximum Gasteiger partial charge on any atom is 0.573 e. The second-order valence-electron chi connectivity index (χ2n) is 5.03. The van der Waals surface area contributed by atoms with E-state index in [4.69, 9.17) is 12.2 Å². The van der Waals surface area contributed by atoms with Gasteiger partial charge in [-0.05, 0) is 54.5 Å². The molecule has 120 valence electrons. The first-order valence-corrected chi connectivity index (χ1v) is 7.35. The van der Waals surface area contributed by atoms with E-state index in [1.54, 1.807) is 0 Å². The molecule has 0 saturated heterocycles. The summed E-state index contributed by atoms with van der Waals surface area (Å²) in [5.74, 6) is -0.263. The fraction of sp³-hybridized carbons (Fsp3) is 0.188. The molecule has 1 N–H and O–H groups in total. The van der Waals surface area contributed by atoms with Crippen molar-refractivity contribution in [2.45, 2.75) is 12.8 Å². The summed E-state index contributed by atoms with van der Waals surface area (Å²) in [4.78, 5) is 1.98. The summed E-state index contributed by atoms with van der Waals surface area (Å²) < 4.78 is 40.2. The molecule has 2 aromatic rings. The number of nitrogens with one attached hydrogen (secondary N) is 1. The average molecular weight is 338 g/mol. The van der Waals surface area contributed by atoms with E-state index in [1.807, 2.05) is 23.1 Å². The Balaban J connectivity index is 1.67. The number of anilines is 2. The van der Waals surface area contributed by atoms with Gasteiger partial charge in [-0.2, -0.15) is 0 Å². The van der Waals surface area contributed by atoms with E-state index < -0.39 is 6.36 Å². The van der Waals surface area contributed by atoms with Gasteiger partial charge in [0, 0.05) is 17.9 Å². The zero-order valence-electron chi connectivity index (χ0n) is 11.9. The molecule has 1 heterocycles. The van der Waals surface area contributed by atoms with Crippen LogP contribution in [-0.2, 0) is 6.42 Å². The fourth-order valence-electron chi connectivity index (χ4n) is 2.48. The molecule has 0 radical (unpaired) electrons. The van der Waals surface area contributed by atoms with Crippen LogP contribution in [0.1, 0.15) is 5.56 Å². The van der Waals surface area contributed by atoms with Gasteiger partial charge < -0.3 is 15.0 Å². The van der Waals surface area contributed by atoms with Crippen molar-refractivity contribution >= 4 is 28.7 Å². The number of hydrogen-bond donors (Lipinski definition) is 1. The van der Waals surface area contributed by atoms with Crippen LogP contribution in [0.25, 0.3) is 0 Å². The Labute approximate surface area is 136 Å². The lowest BCUT2D eigenvalue weighted by Gasteiger charge is -2.21. The molecule has 3 rings (SSSR count). The Hall–Kier alpha value is -2.28. The lowest BCUT2D eigenvalue weighted by atomic mass is 10.2. The van der Waals surface area contributed by atoms with Gasteiger partial charge in [-0.25, -0.2) is 0 Å². The van der Waals surface area contributed by atoms with E-state index in [0.29, 0.717) is 10.8 Å². The molecule has 0 unspecified atom stereocenters. The van der Waals surface area contributed by atoms with E-state index >= 15 is 0 Å². The van der Waals surface area contributed by atoms with Crippen LogP contribution in [0.5, 0.6) is 5.75 Å². The minimum absolute atomic E-state index is 0.263. The number of fused-ring (bicyclic) bond motifs is 1. The van der Waals surface area contributed by atoms with Crippen molar-refractivity contribution < 1.29 is 17.9 Å². The number of ether oxygens (including phenoxy) is 1. The first-order valence-electron chi connectivity index (χ1n) is 6.95. The SMILES string of the molecule is FC(F)(F)Oc1ccc(NC(=S)N2CCc3ccccc32)cc1. The van der Waals surface area contributed by atoms with Crippen LogP contribution in [-0.4, -0.2) is 18.0 Å². The first-order chi connectivity index (χ1) is 10.9. The third-order valence-corrected chi connectivity index (χ3v) is 3.79. The first kappa shape index (κ1) is 15.6. The Kier molecular flexibility index (Phi) is 4.12. The largest absolute Gasteiger partial charge is 0.573 e. The van der Waals surface area contributed by atoms with Gasteiger partial charge in [-0.1, -0.05) is 18.2 Å². The minimum atomic E-state index is -4.69. The maximum absolute atomic E-state index is 12.1. The van der Waals surface area contributed by atoms with E-state index in [-0.39, 0.29) is 5.75 Å².